The van der Waals surface area contributed by atoms with E-state index in [4.69, 9.17) is 0 Å². The van der Waals surface area contributed by atoms with Crippen LogP contribution in [0.2, 0.25) is 0 Å². The highest BCUT2D eigenvalue weighted by Gasteiger charge is 2.21. The number of hydrogen-bond acceptors (Lipinski definition) is 5. The average molecular weight is 289 g/mol. The third-order valence-corrected chi connectivity index (χ3v) is 3.76. The second kappa shape index (κ2) is 5.22. The number of nitrogens with one attached hydrogen (secondary N) is 1. The summed E-state index contributed by atoms with van der Waals surface area (Å²) in [4.78, 5) is 4.43. The van der Waals surface area contributed by atoms with Crippen molar-refractivity contribution in [2.45, 2.75) is 65.2 Å². The lowest BCUT2D eigenvalue weighted by atomic mass is 10.1. The molecule has 1 aliphatic heterocycles. The molecule has 1 atom stereocenters. The zero-order valence-corrected chi connectivity index (χ0v) is 13.2. The van der Waals surface area contributed by atoms with Gasteiger partial charge in [-0.05, 0) is 34.1 Å². The van der Waals surface area contributed by atoms with Gasteiger partial charge in [-0.2, -0.15) is 5.10 Å². The monoisotopic (exact) mass is 289 g/mol. The van der Waals surface area contributed by atoms with E-state index >= 15 is 0 Å². The second-order valence-corrected chi connectivity index (χ2v) is 6.70. The molecule has 2 aromatic heterocycles. The molecule has 7 nitrogen and oxygen atoms in total. The van der Waals surface area contributed by atoms with Gasteiger partial charge in [0.1, 0.15) is 11.6 Å². The molecule has 0 radical (unpaired) electrons. The molecule has 0 fully saturated rings. The van der Waals surface area contributed by atoms with E-state index in [0.29, 0.717) is 6.04 Å². The molecule has 0 saturated carbocycles. The van der Waals surface area contributed by atoms with E-state index in [1.54, 1.807) is 0 Å². The molecule has 1 aliphatic rings. The summed E-state index contributed by atoms with van der Waals surface area (Å²) >= 11 is 0. The Morgan fingerprint density at radius 1 is 1.38 bits per heavy atom. The van der Waals surface area contributed by atoms with E-state index < -0.39 is 0 Å². The first kappa shape index (κ1) is 14.2. The normalized spacial score (nSPS) is 18.8. The number of aromatic nitrogens is 6. The SMILES string of the molecule is Cc1nc2n(n1)CC(NCc1cn(C(C)(C)C)nn1)CC2. The van der Waals surface area contributed by atoms with Gasteiger partial charge in [-0.3, -0.25) is 0 Å². The van der Waals surface area contributed by atoms with Crippen molar-refractivity contribution in [3.05, 3.63) is 23.5 Å². The van der Waals surface area contributed by atoms with E-state index in [-0.39, 0.29) is 5.54 Å². The Morgan fingerprint density at radius 2 is 2.19 bits per heavy atom. The molecular weight excluding hydrogens is 266 g/mol. The zero-order chi connectivity index (χ0) is 15.0. The van der Waals surface area contributed by atoms with Crippen LogP contribution >= 0.6 is 0 Å². The lowest BCUT2D eigenvalue weighted by Gasteiger charge is -2.23. The quantitative estimate of drug-likeness (QED) is 0.914. The Hall–Kier alpha value is -1.76. The molecule has 3 heterocycles. The molecule has 0 bridgehead atoms. The summed E-state index contributed by atoms with van der Waals surface area (Å²) in [7, 11) is 0. The van der Waals surface area contributed by atoms with Crippen LogP contribution < -0.4 is 5.32 Å². The van der Waals surface area contributed by atoms with E-state index in [2.05, 4.69) is 46.5 Å². The Labute approximate surface area is 124 Å². The highest BCUT2D eigenvalue weighted by atomic mass is 15.4. The summed E-state index contributed by atoms with van der Waals surface area (Å²) in [6, 6.07) is 0.415. The van der Waals surface area contributed by atoms with Gasteiger partial charge in [0.15, 0.2) is 0 Å². The van der Waals surface area contributed by atoms with Crippen molar-refractivity contribution in [2.75, 3.05) is 0 Å². The fraction of sp³-hybridized carbons (Fsp3) is 0.714. The van der Waals surface area contributed by atoms with Gasteiger partial charge in [0, 0.05) is 19.0 Å². The Bertz CT molecular complexity index is 620. The zero-order valence-electron chi connectivity index (χ0n) is 13.2. The first-order valence-electron chi connectivity index (χ1n) is 7.47. The molecule has 114 valence electrons. The Morgan fingerprint density at radius 3 is 2.90 bits per heavy atom. The van der Waals surface area contributed by atoms with Crippen LogP contribution in [-0.2, 0) is 25.0 Å². The van der Waals surface area contributed by atoms with Gasteiger partial charge in [0.25, 0.3) is 0 Å². The van der Waals surface area contributed by atoms with E-state index in [1.165, 1.54) is 0 Å². The summed E-state index contributed by atoms with van der Waals surface area (Å²) in [6.07, 6.45) is 4.08. The van der Waals surface area contributed by atoms with Gasteiger partial charge in [-0.15, -0.1) is 5.10 Å². The smallest absolute Gasteiger partial charge is 0.147 e. The summed E-state index contributed by atoms with van der Waals surface area (Å²) in [6.45, 7) is 9.92. The van der Waals surface area contributed by atoms with Crippen molar-refractivity contribution in [1.82, 2.24) is 35.1 Å². The first-order valence-corrected chi connectivity index (χ1v) is 7.47. The number of aryl methyl sites for hydroxylation is 2. The van der Waals surface area contributed by atoms with Crippen LogP contribution in [0.4, 0.5) is 0 Å². The van der Waals surface area contributed by atoms with E-state index in [9.17, 15) is 0 Å². The fourth-order valence-electron chi connectivity index (χ4n) is 2.56. The maximum Gasteiger partial charge on any atom is 0.147 e. The van der Waals surface area contributed by atoms with Gasteiger partial charge in [-0.1, -0.05) is 5.21 Å². The molecule has 2 aromatic rings. The van der Waals surface area contributed by atoms with Crippen molar-refractivity contribution < 1.29 is 0 Å². The van der Waals surface area contributed by atoms with Crippen LogP contribution in [0, 0.1) is 6.92 Å². The van der Waals surface area contributed by atoms with Crippen molar-refractivity contribution in [1.29, 1.82) is 0 Å². The average Bonchev–Trinajstić information content (AvgIpc) is 3.00. The molecule has 3 rings (SSSR count). The van der Waals surface area contributed by atoms with Crippen LogP contribution in [0.1, 0.15) is 44.5 Å². The molecule has 21 heavy (non-hydrogen) atoms. The van der Waals surface area contributed by atoms with Crippen LogP contribution in [0.3, 0.4) is 0 Å². The van der Waals surface area contributed by atoms with Gasteiger partial charge in [0.05, 0.1) is 24.0 Å². The van der Waals surface area contributed by atoms with Gasteiger partial charge >= 0.3 is 0 Å². The van der Waals surface area contributed by atoms with Crippen molar-refractivity contribution in [2.24, 2.45) is 0 Å². The lowest BCUT2D eigenvalue weighted by molar-refractivity contribution is 0.346. The minimum absolute atomic E-state index is 0.0246. The predicted molar refractivity (Wildman–Crippen MR) is 78.7 cm³/mol. The minimum atomic E-state index is -0.0246. The standard InChI is InChI=1S/C14H23N7/c1-10-16-13-6-5-11(8-20(13)18-10)15-7-12-9-21(19-17-12)14(2,3)4/h9,11,15H,5-8H2,1-4H3. The molecule has 0 amide bonds. The predicted octanol–water partition coefficient (Wildman–Crippen LogP) is 1.04. The van der Waals surface area contributed by atoms with E-state index in [0.717, 1.165) is 43.3 Å². The highest BCUT2D eigenvalue weighted by Crippen LogP contribution is 2.14. The van der Waals surface area contributed by atoms with Gasteiger partial charge in [-0.25, -0.2) is 14.3 Å². The van der Waals surface area contributed by atoms with Crippen LogP contribution in [-0.4, -0.2) is 35.8 Å². The number of nitrogens with zero attached hydrogens (tertiary/aromatic N) is 6. The largest absolute Gasteiger partial charge is 0.306 e. The summed E-state index contributed by atoms with van der Waals surface area (Å²) in [5.74, 6) is 1.96. The molecule has 1 unspecified atom stereocenters. The van der Waals surface area contributed by atoms with Crippen molar-refractivity contribution in [3.8, 4) is 0 Å². The third kappa shape index (κ3) is 3.12. The lowest BCUT2D eigenvalue weighted by Crippen LogP contribution is -2.37. The van der Waals surface area contributed by atoms with Crippen LogP contribution in [0.25, 0.3) is 0 Å². The molecule has 0 spiro atoms. The molecule has 1 N–H and O–H groups in total. The van der Waals surface area contributed by atoms with Gasteiger partial charge in [0.2, 0.25) is 0 Å². The molecule has 0 aromatic carbocycles. The second-order valence-electron chi connectivity index (χ2n) is 6.70. The van der Waals surface area contributed by atoms with Gasteiger partial charge < -0.3 is 5.32 Å². The van der Waals surface area contributed by atoms with Crippen LogP contribution in [0.5, 0.6) is 0 Å². The van der Waals surface area contributed by atoms with Crippen LogP contribution in [0.15, 0.2) is 6.20 Å². The van der Waals surface area contributed by atoms with Crippen molar-refractivity contribution >= 4 is 0 Å². The highest BCUT2D eigenvalue weighted by molar-refractivity contribution is 4.98. The first-order chi connectivity index (χ1) is 9.91. The topological polar surface area (TPSA) is 73.5 Å². The summed E-state index contributed by atoms with van der Waals surface area (Å²) in [5, 5.41) is 16.4. The third-order valence-electron chi connectivity index (χ3n) is 3.76. The molecule has 7 heteroatoms. The number of fused-ring (bicyclic) bond motifs is 1. The number of rotatable bonds is 3. The van der Waals surface area contributed by atoms with E-state index in [1.807, 2.05) is 22.5 Å². The van der Waals surface area contributed by atoms with Crippen molar-refractivity contribution in [3.63, 3.8) is 0 Å². The molecule has 0 aliphatic carbocycles. The summed E-state index contributed by atoms with van der Waals surface area (Å²) < 4.78 is 3.92. The maximum atomic E-state index is 4.43. The summed E-state index contributed by atoms with van der Waals surface area (Å²) in [5.41, 5.74) is 0.953. The molecule has 0 saturated heterocycles. The fourth-order valence-corrected chi connectivity index (χ4v) is 2.56. The Kier molecular flexibility index (Phi) is 3.52. The molecular formula is C14H23N7. The minimum Gasteiger partial charge on any atom is -0.306 e. The Balaban J connectivity index is 1.58. The number of hydrogen-bond donors (Lipinski definition) is 1. The maximum absolute atomic E-state index is 4.43.